The molecule has 196 valence electrons. The van der Waals surface area contributed by atoms with Gasteiger partial charge in [0, 0.05) is 51.9 Å². The van der Waals surface area contributed by atoms with Gasteiger partial charge in [0.05, 0.1) is 0 Å². The van der Waals surface area contributed by atoms with Gasteiger partial charge in [-0.05, 0) is 65.2 Å². The van der Waals surface area contributed by atoms with Gasteiger partial charge in [0.1, 0.15) is 11.2 Å². The lowest BCUT2D eigenvalue weighted by molar-refractivity contribution is -0.00711. The van der Waals surface area contributed by atoms with Crippen molar-refractivity contribution in [3.05, 3.63) is 0 Å². The van der Waals surface area contributed by atoms with Gasteiger partial charge in [-0.25, -0.2) is 27.2 Å². The highest BCUT2D eigenvalue weighted by Crippen LogP contribution is 2.48. The van der Waals surface area contributed by atoms with E-state index in [2.05, 4.69) is 0 Å². The fourth-order valence-corrected chi connectivity index (χ4v) is 5.45. The van der Waals surface area contributed by atoms with Crippen LogP contribution in [0, 0.1) is 23.7 Å². The van der Waals surface area contributed by atoms with E-state index in [4.69, 9.17) is 9.47 Å². The molecule has 0 aromatic rings. The van der Waals surface area contributed by atoms with Crippen molar-refractivity contribution in [2.75, 3.05) is 26.2 Å². The van der Waals surface area contributed by atoms with Crippen LogP contribution in [0.5, 0.6) is 0 Å². The molecular formula is C24H38F4N2O4. The molecule has 6 nitrogen and oxygen atoms in total. The number of rotatable bonds is 0. The van der Waals surface area contributed by atoms with Crippen LogP contribution < -0.4 is 0 Å². The summed E-state index contributed by atoms with van der Waals surface area (Å²) < 4.78 is 63.0. The van der Waals surface area contributed by atoms with E-state index < -0.39 is 23.0 Å². The normalized spacial score (nSPS) is 31.5. The molecule has 0 radical (unpaired) electrons. The molecule has 2 amide bonds. The minimum absolute atomic E-state index is 0.0579. The third kappa shape index (κ3) is 7.13. The molecule has 2 saturated carbocycles. The summed E-state index contributed by atoms with van der Waals surface area (Å²) in [6, 6.07) is 0. The van der Waals surface area contributed by atoms with Crippen molar-refractivity contribution in [1.82, 2.24) is 9.80 Å². The third-order valence-corrected chi connectivity index (χ3v) is 6.70. The highest BCUT2D eigenvalue weighted by molar-refractivity contribution is 5.69. The van der Waals surface area contributed by atoms with Crippen molar-refractivity contribution in [3.63, 3.8) is 0 Å². The van der Waals surface area contributed by atoms with Crippen molar-refractivity contribution < 1.29 is 36.6 Å². The molecular weight excluding hydrogens is 456 g/mol. The van der Waals surface area contributed by atoms with Crippen LogP contribution in [0.2, 0.25) is 0 Å². The molecule has 0 N–H and O–H groups in total. The van der Waals surface area contributed by atoms with E-state index in [0.717, 1.165) is 0 Å². The van der Waals surface area contributed by atoms with Gasteiger partial charge in [0.25, 0.3) is 0 Å². The van der Waals surface area contributed by atoms with Gasteiger partial charge in [-0.1, -0.05) is 0 Å². The van der Waals surface area contributed by atoms with Gasteiger partial charge in [-0.3, -0.25) is 0 Å². The maximum atomic E-state index is 13.1. The zero-order valence-electron chi connectivity index (χ0n) is 21.0. The summed E-state index contributed by atoms with van der Waals surface area (Å²) in [7, 11) is 0. The van der Waals surface area contributed by atoms with Crippen LogP contribution in [0.15, 0.2) is 0 Å². The van der Waals surface area contributed by atoms with Crippen molar-refractivity contribution in [1.29, 1.82) is 0 Å². The Balaban J connectivity index is 0.000000191. The number of carbonyl (C=O) groups is 2. The van der Waals surface area contributed by atoms with E-state index in [1.165, 1.54) is 0 Å². The van der Waals surface area contributed by atoms with Gasteiger partial charge >= 0.3 is 12.2 Å². The zero-order chi connectivity index (χ0) is 25.7. The van der Waals surface area contributed by atoms with Gasteiger partial charge in [0.2, 0.25) is 11.8 Å². The molecule has 2 heterocycles. The monoisotopic (exact) mass is 494 g/mol. The number of likely N-dealkylation sites (tertiary alicyclic amines) is 2. The van der Waals surface area contributed by atoms with Crippen LogP contribution >= 0.6 is 0 Å². The predicted octanol–water partition coefficient (Wildman–Crippen LogP) is 5.80. The number of amides is 2. The first-order valence-electron chi connectivity index (χ1n) is 12.0. The Bertz CT molecular complexity index is 682. The molecule has 34 heavy (non-hydrogen) atoms. The minimum Gasteiger partial charge on any atom is -0.444 e. The van der Waals surface area contributed by atoms with Crippen molar-refractivity contribution >= 4 is 12.2 Å². The van der Waals surface area contributed by atoms with Crippen molar-refractivity contribution in [3.8, 4) is 0 Å². The number of fused-ring (bicyclic) bond motifs is 2. The Morgan fingerprint density at radius 3 is 1.06 bits per heavy atom. The summed E-state index contributed by atoms with van der Waals surface area (Å²) in [5, 5.41) is 0. The van der Waals surface area contributed by atoms with Gasteiger partial charge in [0.15, 0.2) is 0 Å². The van der Waals surface area contributed by atoms with Crippen LogP contribution in [0.1, 0.15) is 67.2 Å². The Labute approximate surface area is 199 Å². The summed E-state index contributed by atoms with van der Waals surface area (Å²) in [4.78, 5) is 26.7. The summed E-state index contributed by atoms with van der Waals surface area (Å²) in [6.07, 6.45) is -1.10. The molecule has 4 aliphatic rings. The number of ether oxygens (including phenoxy) is 2. The Morgan fingerprint density at radius 2 is 0.853 bits per heavy atom. The third-order valence-electron chi connectivity index (χ3n) is 6.70. The first kappa shape index (κ1) is 26.9. The summed E-state index contributed by atoms with van der Waals surface area (Å²) >= 11 is 0. The lowest BCUT2D eigenvalue weighted by Gasteiger charge is -2.25. The molecule has 0 aromatic heterocycles. The van der Waals surface area contributed by atoms with Crippen molar-refractivity contribution in [2.24, 2.45) is 23.7 Å². The van der Waals surface area contributed by atoms with Crippen LogP contribution in [0.3, 0.4) is 0 Å². The number of nitrogens with zero attached hydrogens (tertiary/aromatic N) is 2. The fraction of sp³-hybridized carbons (Fsp3) is 0.917. The smallest absolute Gasteiger partial charge is 0.410 e. The molecule has 0 spiro atoms. The second-order valence-corrected chi connectivity index (χ2v) is 12.3. The van der Waals surface area contributed by atoms with E-state index in [9.17, 15) is 27.2 Å². The highest BCUT2D eigenvalue weighted by atomic mass is 19.3. The molecule has 0 aromatic carbocycles. The molecule has 4 atom stereocenters. The molecule has 0 unspecified atom stereocenters. The van der Waals surface area contributed by atoms with Gasteiger partial charge < -0.3 is 19.3 Å². The molecule has 4 rings (SSSR count). The highest BCUT2D eigenvalue weighted by Gasteiger charge is 2.52. The number of carbonyl (C=O) groups excluding carboxylic acids is 2. The Hall–Kier alpha value is -1.74. The molecule has 4 fully saturated rings. The van der Waals surface area contributed by atoms with Crippen LogP contribution in [-0.2, 0) is 9.47 Å². The number of hydrogen-bond donors (Lipinski definition) is 0. The Kier molecular flexibility index (Phi) is 7.14. The van der Waals surface area contributed by atoms with E-state index >= 15 is 0 Å². The maximum absolute atomic E-state index is 13.1. The van der Waals surface area contributed by atoms with E-state index in [1.807, 2.05) is 0 Å². The molecule has 2 saturated heterocycles. The first-order valence-corrected chi connectivity index (χ1v) is 12.0. The summed E-state index contributed by atoms with van der Waals surface area (Å²) in [6.45, 7) is 12.5. The SMILES string of the molecule is CC(C)(C)OC(=O)N1C[C@@H]2CC(F)(F)C[C@@H]2C1.CC(C)(C)OC(=O)N1C[C@@H]2CC(F)(F)C[C@@H]2C1. The fourth-order valence-electron chi connectivity index (χ4n) is 5.45. The lowest BCUT2D eigenvalue weighted by atomic mass is 10.0. The quantitative estimate of drug-likeness (QED) is 0.400. The molecule has 0 bridgehead atoms. The average Bonchev–Trinajstić information content (AvgIpc) is 3.27. The maximum Gasteiger partial charge on any atom is 0.410 e. The van der Waals surface area contributed by atoms with E-state index in [0.29, 0.717) is 26.2 Å². The van der Waals surface area contributed by atoms with Crippen LogP contribution in [0.25, 0.3) is 0 Å². The average molecular weight is 495 g/mol. The number of hydrogen-bond acceptors (Lipinski definition) is 4. The second kappa shape index (κ2) is 9.04. The Morgan fingerprint density at radius 1 is 0.618 bits per heavy atom. The number of alkyl halides is 4. The first-order chi connectivity index (χ1) is 15.3. The predicted molar refractivity (Wildman–Crippen MR) is 118 cm³/mol. The molecule has 2 aliphatic heterocycles. The second-order valence-electron chi connectivity index (χ2n) is 12.3. The number of halogens is 4. The topological polar surface area (TPSA) is 59.1 Å². The van der Waals surface area contributed by atoms with E-state index in [-0.39, 0.29) is 61.5 Å². The van der Waals surface area contributed by atoms with Crippen LogP contribution in [0.4, 0.5) is 27.2 Å². The summed E-state index contributed by atoms with van der Waals surface area (Å²) in [5.74, 6) is -5.30. The molecule has 10 heteroatoms. The van der Waals surface area contributed by atoms with Crippen molar-refractivity contribution in [2.45, 2.75) is 90.3 Å². The summed E-state index contributed by atoms with van der Waals surface area (Å²) in [5.41, 5.74) is -1.06. The largest absolute Gasteiger partial charge is 0.444 e. The molecule has 2 aliphatic carbocycles. The standard InChI is InChI=1S/2C12H19F2NO2/c2*1-11(2,3)17-10(16)15-6-8-4-12(13,14)5-9(8)7-15/h2*8-9H,4-7H2,1-3H3/t2*8-,9+. The van der Waals surface area contributed by atoms with E-state index in [1.54, 1.807) is 51.3 Å². The van der Waals surface area contributed by atoms with Crippen LogP contribution in [-0.4, -0.2) is 71.2 Å². The van der Waals surface area contributed by atoms with Gasteiger partial charge in [-0.2, -0.15) is 0 Å². The zero-order valence-corrected chi connectivity index (χ0v) is 21.0. The minimum atomic E-state index is -2.53. The lowest BCUT2D eigenvalue weighted by Crippen LogP contribution is -2.36. The van der Waals surface area contributed by atoms with Gasteiger partial charge in [-0.15, -0.1) is 0 Å².